The Bertz CT molecular complexity index is 1240. The third kappa shape index (κ3) is 3.42. The van der Waals surface area contributed by atoms with Crippen LogP contribution in [0.1, 0.15) is 49.3 Å². The second-order valence-electron chi connectivity index (χ2n) is 7.89. The Morgan fingerprint density at radius 2 is 1.72 bits per heavy atom. The molecule has 1 aliphatic carbocycles. The van der Waals surface area contributed by atoms with Crippen LogP contribution in [0.5, 0.6) is 0 Å². The van der Waals surface area contributed by atoms with E-state index in [4.69, 9.17) is 11.6 Å². The maximum absolute atomic E-state index is 13.4. The van der Waals surface area contributed by atoms with E-state index in [1.165, 1.54) is 19.3 Å². The van der Waals surface area contributed by atoms with Gasteiger partial charge in [-0.25, -0.2) is 9.67 Å². The highest BCUT2D eigenvalue weighted by molar-refractivity contribution is 6.29. The van der Waals surface area contributed by atoms with Gasteiger partial charge in [0.2, 0.25) is 0 Å². The van der Waals surface area contributed by atoms with Gasteiger partial charge in [0.05, 0.1) is 17.6 Å². The van der Waals surface area contributed by atoms with Crippen molar-refractivity contribution in [3.8, 4) is 0 Å². The smallest absolute Gasteiger partial charge is 0.267 e. The molecule has 1 fully saturated rings. The molecule has 0 N–H and O–H groups in total. The molecular weight excluding hydrogens is 382 g/mol. The monoisotopic (exact) mass is 403 g/mol. The fraction of sp³-hybridized carbons (Fsp3) is 0.292. The van der Waals surface area contributed by atoms with E-state index in [-0.39, 0.29) is 11.6 Å². The number of benzene rings is 2. The predicted octanol–water partition coefficient (Wildman–Crippen LogP) is 5.69. The minimum atomic E-state index is 0.0237. The second kappa shape index (κ2) is 7.60. The molecule has 29 heavy (non-hydrogen) atoms. The lowest BCUT2D eigenvalue weighted by Gasteiger charge is -2.23. The maximum atomic E-state index is 13.4. The van der Waals surface area contributed by atoms with Gasteiger partial charge in [0.15, 0.2) is 0 Å². The van der Waals surface area contributed by atoms with Crippen LogP contribution in [0.2, 0.25) is 5.15 Å². The summed E-state index contributed by atoms with van der Waals surface area (Å²) in [5.41, 5.74) is 2.21. The molecule has 0 atom stereocenters. The van der Waals surface area contributed by atoms with Crippen LogP contribution in [0, 0.1) is 0 Å². The van der Waals surface area contributed by atoms with Gasteiger partial charge in [0.25, 0.3) is 5.56 Å². The highest BCUT2D eigenvalue weighted by Gasteiger charge is 2.19. The van der Waals surface area contributed by atoms with Crippen LogP contribution in [0.15, 0.2) is 59.7 Å². The average molecular weight is 404 g/mol. The molecule has 0 saturated heterocycles. The largest absolute Gasteiger partial charge is 0.274 e. The van der Waals surface area contributed by atoms with Crippen LogP contribution in [-0.4, -0.2) is 14.8 Å². The summed E-state index contributed by atoms with van der Waals surface area (Å²) in [6, 6.07) is 14.3. The number of rotatable bonds is 3. The Morgan fingerprint density at radius 3 is 2.48 bits per heavy atom. The quantitative estimate of drug-likeness (QED) is 0.326. The van der Waals surface area contributed by atoms with E-state index in [0.717, 1.165) is 45.5 Å². The molecule has 0 unspecified atom stereocenters. The van der Waals surface area contributed by atoms with E-state index in [0.29, 0.717) is 11.6 Å². The molecule has 0 aliphatic heterocycles. The number of hydrogen-bond acceptors (Lipinski definition) is 3. The molecule has 2 heterocycles. The minimum Gasteiger partial charge on any atom is -0.267 e. The van der Waals surface area contributed by atoms with Gasteiger partial charge >= 0.3 is 0 Å². The van der Waals surface area contributed by atoms with Gasteiger partial charge in [0.1, 0.15) is 5.15 Å². The number of halogens is 1. The fourth-order valence-electron chi connectivity index (χ4n) is 4.55. The lowest BCUT2D eigenvalue weighted by Crippen LogP contribution is -2.28. The van der Waals surface area contributed by atoms with Crippen molar-refractivity contribution in [1.29, 1.82) is 0 Å². The van der Waals surface area contributed by atoms with Crippen LogP contribution in [-0.2, 0) is 6.42 Å². The zero-order valence-corrected chi connectivity index (χ0v) is 16.9. The summed E-state index contributed by atoms with van der Waals surface area (Å²) >= 11 is 5.94. The molecular formula is C24H22ClN3O. The molecule has 5 rings (SSSR count). The molecule has 4 aromatic rings. The summed E-state index contributed by atoms with van der Waals surface area (Å²) in [4.78, 5) is 17.6. The topological polar surface area (TPSA) is 47.8 Å². The summed E-state index contributed by atoms with van der Waals surface area (Å²) in [7, 11) is 0. The third-order valence-corrected chi connectivity index (χ3v) is 6.25. The number of nitrogens with zero attached hydrogens (tertiary/aromatic N) is 3. The Kier molecular flexibility index (Phi) is 4.80. The fourth-order valence-corrected chi connectivity index (χ4v) is 4.66. The van der Waals surface area contributed by atoms with Crippen molar-refractivity contribution in [3.05, 3.63) is 81.5 Å². The first-order valence-electron chi connectivity index (χ1n) is 10.2. The van der Waals surface area contributed by atoms with Gasteiger partial charge in [-0.2, -0.15) is 5.10 Å². The highest BCUT2D eigenvalue weighted by atomic mass is 35.5. The van der Waals surface area contributed by atoms with E-state index in [2.05, 4.69) is 28.3 Å². The van der Waals surface area contributed by atoms with Crippen LogP contribution in [0.25, 0.3) is 21.5 Å². The van der Waals surface area contributed by atoms with Crippen molar-refractivity contribution in [2.45, 2.75) is 44.6 Å². The zero-order valence-electron chi connectivity index (χ0n) is 16.1. The highest BCUT2D eigenvalue weighted by Crippen LogP contribution is 2.30. The molecule has 0 spiro atoms. The van der Waals surface area contributed by atoms with E-state index < -0.39 is 0 Å². The van der Waals surface area contributed by atoms with Gasteiger partial charge in [-0.1, -0.05) is 61.2 Å². The lowest BCUT2D eigenvalue weighted by atomic mass is 9.94. The number of pyridine rings is 1. The van der Waals surface area contributed by atoms with E-state index in [1.54, 1.807) is 16.9 Å². The van der Waals surface area contributed by atoms with Gasteiger partial charge in [0, 0.05) is 11.6 Å². The zero-order chi connectivity index (χ0) is 19.8. The average Bonchev–Trinajstić information content (AvgIpc) is 2.77. The first kappa shape index (κ1) is 18.3. The van der Waals surface area contributed by atoms with Crippen LogP contribution < -0.4 is 5.56 Å². The first-order chi connectivity index (χ1) is 14.2. The Labute approximate surface area is 174 Å². The molecule has 0 amide bonds. The van der Waals surface area contributed by atoms with Gasteiger partial charge in [-0.3, -0.25) is 4.79 Å². The van der Waals surface area contributed by atoms with Crippen LogP contribution in [0.3, 0.4) is 0 Å². The summed E-state index contributed by atoms with van der Waals surface area (Å²) in [5.74, 6) is 0. The molecule has 2 aromatic heterocycles. The molecule has 5 heteroatoms. The molecule has 0 bridgehead atoms. The van der Waals surface area contributed by atoms with Gasteiger partial charge < -0.3 is 0 Å². The Morgan fingerprint density at radius 1 is 0.931 bits per heavy atom. The Balaban J connectivity index is 1.69. The van der Waals surface area contributed by atoms with Crippen LogP contribution >= 0.6 is 11.6 Å². The van der Waals surface area contributed by atoms with E-state index >= 15 is 0 Å². The first-order valence-corrected chi connectivity index (χ1v) is 10.6. The van der Waals surface area contributed by atoms with Crippen molar-refractivity contribution in [2.24, 2.45) is 0 Å². The summed E-state index contributed by atoms with van der Waals surface area (Å²) in [6.45, 7) is 0. The summed E-state index contributed by atoms with van der Waals surface area (Å²) in [5, 5.41) is 8.96. The molecule has 4 nitrogen and oxygen atoms in total. The number of hydrogen-bond donors (Lipinski definition) is 0. The van der Waals surface area contributed by atoms with E-state index in [1.807, 2.05) is 24.4 Å². The van der Waals surface area contributed by atoms with Crippen molar-refractivity contribution in [1.82, 2.24) is 14.8 Å². The van der Waals surface area contributed by atoms with Crippen molar-refractivity contribution in [2.75, 3.05) is 0 Å². The van der Waals surface area contributed by atoms with Crippen molar-refractivity contribution < 1.29 is 0 Å². The molecule has 146 valence electrons. The lowest BCUT2D eigenvalue weighted by molar-refractivity contribution is 0.320. The summed E-state index contributed by atoms with van der Waals surface area (Å²) in [6.07, 6.45) is 10.0. The number of fused-ring (bicyclic) bond motifs is 3. The van der Waals surface area contributed by atoms with Gasteiger partial charge in [-0.15, -0.1) is 0 Å². The SMILES string of the molecule is O=c1c2cc(Cc3ccc(Cl)nc3)c3ccccc3c2cnn1C1CCCCC1. The molecule has 1 aliphatic rings. The normalized spacial score (nSPS) is 15.2. The molecule has 0 radical (unpaired) electrons. The number of aromatic nitrogens is 3. The predicted molar refractivity (Wildman–Crippen MR) is 118 cm³/mol. The Hall–Kier alpha value is -2.72. The second-order valence-corrected chi connectivity index (χ2v) is 8.28. The van der Waals surface area contributed by atoms with Gasteiger partial charge in [-0.05, 0) is 53.3 Å². The van der Waals surface area contributed by atoms with Crippen molar-refractivity contribution >= 4 is 33.1 Å². The standard InChI is InChI=1S/C24H22ClN3O/c25-23-11-10-16(14-26-23)12-17-13-21-22(20-9-5-4-8-19(17)20)15-27-28(24(21)29)18-6-2-1-3-7-18/h4-5,8-11,13-15,18H,1-3,6-7,12H2. The third-order valence-electron chi connectivity index (χ3n) is 6.03. The maximum Gasteiger partial charge on any atom is 0.274 e. The van der Waals surface area contributed by atoms with E-state index in [9.17, 15) is 4.79 Å². The van der Waals surface area contributed by atoms with Crippen molar-refractivity contribution in [3.63, 3.8) is 0 Å². The molecule has 1 saturated carbocycles. The van der Waals surface area contributed by atoms with Crippen LogP contribution in [0.4, 0.5) is 0 Å². The molecule has 2 aromatic carbocycles. The minimum absolute atomic E-state index is 0.0237. The summed E-state index contributed by atoms with van der Waals surface area (Å²) < 4.78 is 1.73.